The molecule has 144 valence electrons. The number of hydrogen-bond donors (Lipinski definition) is 0. The van der Waals surface area contributed by atoms with Gasteiger partial charge in [0.15, 0.2) is 0 Å². The van der Waals surface area contributed by atoms with Gasteiger partial charge in [0.25, 0.3) is 0 Å². The molecular formula is C18H24O8. The molecule has 0 heterocycles. The molecule has 0 aromatic carbocycles. The minimum Gasteiger partial charge on any atom is -0.462 e. The van der Waals surface area contributed by atoms with E-state index in [9.17, 15) is 19.2 Å². The molecule has 0 saturated heterocycles. The molecular weight excluding hydrogens is 344 g/mol. The van der Waals surface area contributed by atoms with Crippen molar-refractivity contribution in [2.45, 2.75) is 19.4 Å². The van der Waals surface area contributed by atoms with Gasteiger partial charge < -0.3 is 18.9 Å². The quantitative estimate of drug-likeness (QED) is 0.235. The maximum absolute atomic E-state index is 10.7. The highest BCUT2D eigenvalue weighted by Gasteiger charge is 2.07. The number of ether oxygens (including phenoxy) is 4. The van der Waals surface area contributed by atoms with E-state index in [2.05, 4.69) is 35.8 Å². The van der Waals surface area contributed by atoms with Crippen molar-refractivity contribution in [3.63, 3.8) is 0 Å². The van der Waals surface area contributed by atoms with Crippen molar-refractivity contribution in [2.24, 2.45) is 0 Å². The Labute approximate surface area is 152 Å². The van der Waals surface area contributed by atoms with Crippen molar-refractivity contribution in [1.29, 1.82) is 0 Å². The molecule has 0 bridgehead atoms. The fourth-order valence-corrected chi connectivity index (χ4v) is 1.09. The fourth-order valence-electron chi connectivity index (χ4n) is 1.09. The van der Waals surface area contributed by atoms with Gasteiger partial charge in [0, 0.05) is 30.7 Å². The van der Waals surface area contributed by atoms with E-state index in [4.69, 9.17) is 9.47 Å². The van der Waals surface area contributed by atoms with Crippen LogP contribution in [-0.4, -0.2) is 49.8 Å². The molecule has 0 aliphatic carbocycles. The van der Waals surface area contributed by atoms with Crippen molar-refractivity contribution in [3.8, 4) is 0 Å². The molecule has 0 amide bonds. The molecule has 0 radical (unpaired) electrons. The van der Waals surface area contributed by atoms with E-state index in [-0.39, 0.29) is 25.9 Å². The van der Waals surface area contributed by atoms with E-state index in [0.717, 1.165) is 24.3 Å². The molecule has 0 aromatic rings. The van der Waals surface area contributed by atoms with Crippen LogP contribution in [0, 0.1) is 0 Å². The molecule has 0 aliphatic rings. The maximum Gasteiger partial charge on any atom is 0.330 e. The van der Waals surface area contributed by atoms with Crippen LogP contribution < -0.4 is 0 Å². The van der Waals surface area contributed by atoms with Crippen LogP contribution in [0.1, 0.15) is 13.3 Å². The predicted molar refractivity (Wildman–Crippen MR) is 93.8 cm³/mol. The average Bonchev–Trinajstić information content (AvgIpc) is 2.64. The second kappa shape index (κ2) is 16.7. The van der Waals surface area contributed by atoms with Gasteiger partial charge in [0.05, 0.1) is 6.61 Å². The number of carbonyl (C=O) groups is 4. The highest BCUT2D eigenvalue weighted by molar-refractivity contribution is 5.82. The van der Waals surface area contributed by atoms with E-state index in [1.807, 2.05) is 0 Å². The largest absolute Gasteiger partial charge is 0.462 e. The Hall–Kier alpha value is -3.16. The normalized spacial score (nSPS) is 9.88. The summed E-state index contributed by atoms with van der Waals surface area (Å²) in [6.45, 7) is 14.9. The van der Waals surface area contributed by atoms with Gasteiger partial charge in [0.1, 0.15) is 19.3 Å². The lowest BCUT2D eigenvalue weighted by molar-refractivity contribution is -0.146. The Kier molecular flexibility index (Phi) is 16.1. The van der Waals surface area contributed by atoms with E-state index in [1.54, 1.807) is 6.92 Å². The lowest BCUT2D eigenvalue weighted by atomic mass is 10.3. The third kappa shape index (κ3) is 17.2. The zero-order valence-corrected chi connectivity index (χ0v) is 14.8. The molecule has 0 aliphatic heterocycles. The summed E-state index contributed by atoms with van der Waals surface area (Å²) in [6.07, 6.45) is 4.41. The summed E-state index contributed by atoms with van der Waals surface area (Å²) in [6, 6.07) is 0. The topological polar surface area (TPSA) is 105 Å². The molecule has 0 spiro atoms. The van der Waals surface area contributed by atoms with Crippen molar-refractivity contribution < 1.29 is 38.1 Å². The van der Waals surface area contributed by atoms with Crippen molar-refractivity contribution >= 4 is 23.9 Å². The van der Waals surface area contributed by atoms with Gasteiger partial charge in [-0.3, -0.25) is 0 Å². The SMILES string of the molecule is C=CC(=O)OCCC(C)OC(=O)C=C.C=CC(=O)OCCOC(=O)C=C. The Morgan fingerprint density at radius 1 is 0.692 bits per heavy atom. The smallest absolute Gasteiger partial charge is 0.330 e. The zero-order chi connectivity index (χ0) is 20.4. The second-order valence-electron chi connectivity index (χ2n) is 4.36. The second-order valence-corrected chi connectivity index (χ2v) is 4.36. The lowest BCUT2D eigenvalue weighted by Crippen LogP contribution is -2.16. The van der Waals surface area contributed by atoms with Crippen LogP contribution in [0.2, 0.25) is 0 Å². The van der Waals surface area contributed by atoms with E-state index >= 15 is 0 Å². The van der Waals surface area contributed by atoms with E-state index in [1.165, 1.54) is 0 Å². The third-order valence-corrected chi connectivity index (χ3v) is 2.32. The third-order valence-electron chi connectivity index (χ3n) is 2.32. The minimum absolute atomic E-state index is 0.0322. The zero-order valence-electron chi connectivity index (χ0n) is 14.8. The van der Waals surface area contributed by atoms with Crippen molar-refractivity contribution in [2.75, 3.05) is 19.8 Å². The van der Waals surface area contributed by atoms with Crippen molar-refractivity contribution in [3.05, 3.63) is 50.6 Å². The van der Waals surface area contributed by atoms with Gasteiger partial charge in [-0.15, -0.1) is 0 Å². The van der Waals surface area contributed by atoms with Crippen LogP contribution in [0.15, 0.2) is 50.6 Å². The molecule has 0 saturated carbocycles. The predicted octanol–water partition coefficient (Wildman–Crippen LogP) is 1.67. The first-order valence-electron chi connectivity index (χ1n) is 7.51. The molecule has 26 heavy (non-hydrogen) atoms. The molecule has 0 fully saturated rings. The summed E-state index contributed by atoms with van der Waals surface area (Å²) < 4.78 is 18.6. The molecule has 1 unspecified atom stereocenters. The summed E-state index contributed by atoms with van der Waals surface area (Å²) in [5, 5.41) is 0. The Morgan fingerprint density at radius 2 is 1.04 bits per heavy atom. The number of carbonyl (C=O) groups excluding carboxylic acids is 4. The Balaban J connectivity index is 0. The maximum atomic E-state index is 10.7. The van der Waals surface area contributed by atoms with Gasteiger partial charge in [-0.1, -0.05) is 26.3 Å². The van der Waals surface area contributed by atoms with E-state index < -0.39 is 23.9 Å². The van der Waals surface area contributed by atoms with E-state index in [0.29, 0.717) is 6.42 Å². The van der Waals surface area contributed by atoms with Crippen LogP contribution in [-0.2, 0) is 38.1 Å². The van der Waals surface area contributed by atoms with Crippen LogP contribution in [0.3, 0.4) is 0 Å². The standard InChI is InChI=1S/C10H14O4.C8H10O4/c1-4-9(11)13-7-6-8(3)14-10(12)5-2;1-3-7(9)11-5-6-12-8(10)4-2/h4-5,8H,1-2,6-7H2,3H3;3-4H,1-2,5-6H2. The van der Waals surface area contributed by atoms with Gasteiger partial charge in [-0.2, -0.15) is 0 Å². The summed E-state index contributed by atoms with van der Waals surface area (Å²) in [5.74, 6) is -2.03. The first-order valence-corrected chi connectivity index (χ1v) is 7.51. The number of esters is 4. The van der Waals surface area contributed by atoms with Crippen molar-refractivity contribution in [1.82, 2.24) is 0 Å². The molecule has 8 nitrogen and oxygen atoms in total. The average molecular weight is 368 g/mol. The van der Waals surface area contributed by atoms with Crippen LogP contribution in [0.4, 0.5) is 0 Å². The molecule has 0 aromatic heterocycles. The lowest BCUT2D eigenvalue weighted by Gasteiger charge is -2.11. The van der Waals surface area contributed by atoms with Crippen LogP contribution in [0.25, 0.3) is 0 Å². The Bertz CT molecular complexity index is 499. The summed E-state index contributed by atoms with van der Waals surface area (Å²) >= 11 is 0. The monoisotopic (exact) mass is 368 g/mol. The van der Waals surface area contributed by atoms with Crippen LogP contribution in [0.5, 0.6) is 0 Å². The minimum atomic E-state index is -0.537. The number of rotatable bonds is 11. The fraction of sp³-hybridized carbons (Fsp3) is 0.333. The first-order chi connectivity index (χ1) is 12.3. The summed E-state index contributed by atoms with van der Waals surface area (Å²) in [5.41, 5.74) is 0. The van der Waals surface area contributed by atoms with Gasteiger partial charge in [-0.25, -0.2) is 19.2 Å². The molecule has 8 heteroatoms. The Morgan fingerprint density at radius 3 is 1.38 bits per heavy atom. The highest BCUT2D eigenvalue weighted by atomic mass is 16.6. The molecule has 0 rings (SSSR count). The highest BCUT2D eigenvalue weighted by Crippen LogP contribution is 1.99. The molecule has 0 N–H and O–H groups in total. The van der Waals surface area contributed by atoms with Gasteiger partial charge in [0.2, 0.25) is 0 Å². The number of hydrogen-bond acceptors (Lipinski definition) is 8. The first kappa shape index (κ1) is 25.1. The van der Waals surface area contributed by atoms with Crippen LogP contribution >= 0.6 is 0 Å². The molecule has 1 atom stereocenters. The van der Waals surface area contributed by atoms with Gasteiger partial charge in [-0.05, 0) is 6.92 Å². The summed E-state index contributed by atoms with van der Waals surface area (Å²) in [4.78, 5) is 42.2. The van der Waals surface area contributed by atoms with Gasteiger partial charge >= 0.3 is 23.9 Å². The summed E-state index contributed by atoms with van der Waals surface area (Å²) in [7, 11) is 0.